The minimum Gasteiger partial charge on any atom is -0.480 e. The molecule has 4 saturated carbocycles. The molecule has 4 fully saturated rings. The first kappa shape index (κ1) is 24.4. The largest absolute Gasteiger partial charge is 0.480 e. The molecular weight excluding hydrogens is 484 g/mol. The summed E-state index contributed by atoms with van der Waals surface area (Å²) in [5, 5.41) is 10.2. The fourth-order valence-electron chi connectivity index (χ4n) is 5.73. The number of nitrogens with one attached hydrogen (secondary N) is 3. The zero-order valence-corrected chi connectivity index (χ0v) is 21.8. The second-order valence-electron chi connectivity index (χ2n) is 10.4. The zero-order valence-electron chi connectivity index (χ0n) is 20.2. The van der Waals surface area contributed by atoms with Gasteiger partial charge in [-0.1, -0.05) is 37.3 Å². The number of carbonyl (C=O) groups is 2. The number of nitrogens with zero attached hydrogens (tertiary/aromatic N) is 1. The van der Waals surface area contributed by atoms with E-state index < -0.39 is 6.04 Å². The van der Waals surface area contributed by atoms with Crippen LogP contribution in [-0.2, 0) is 4.79 Å². The number of rotatable bonds is 10. The molecule has 2 amide bonds. The molecule has 2 unspecified atom stereocenters. The van der Waals surface area contributed by atoms with Crippen LogP contribution in [0.5, 0.6) is 5.88 Å². The van der Waals surface area contributed by atoms with E-state index in [1.54, 1.807) is 13.2 Å². The van der Waals surface area contributed by atoms with Gasteiger partial charge in [-0.25, -0.2) is 4.98 Å². The molecule has 35 heavy (non-hydrogen) atoms. The summed E-state index contributed by atoms with van der Waals surface area (Å²) in [6, 6.07) is 4.96. The first-order valence-corrected chi connectivity index (χ1v) is 13.7. The van der Waals surface area contributed by atoms with Crippen molar-refractivity contribution in [2.75, 3.05) is 12.4 Å². The number of amides is 2. The fourth-order valence-corrected chi connectivity index (χ4v) is 6.80. The number of hydrogen-bond donors (Lipinski definition) is 3. The van der Waals surface area contributed by atoms with E-state index >= 15 is 0 Å². The summed E-state index contributed by atoms with van der Waals surface area (Å²) in [5.74, 6) is 1.55. The van der Waals surface area contributed by atoms with E-state index in [0.717, 1.165) is 49.3 Å². The lowest BCUT2D eigenvalue weighted by atomic mass is 9.50. The number of ether oxygens (including phenoxy) is 1. The van der Waals surface area contributed by atoms with Crippen molar-refractivity contribution in [1.82, 2.24) is 15.6 Å². The number of pyridine rings is 1. The van der Waals surface area contributed by atoms with Crippen molar-refractivity contribution < 1.29 is 14.3 Å². The van der Waals surface area contributed by atoms with Crippen LogP contribution in [0, 0.1) is 11.8 Å². The van der Waals surface area contributed by atoms with Crippen LogP contribution < -0.4 is 20.7 Å². The van der Waals surface area contributed by atoms with Crippen molar-refractivity contribution in [2.45, 2.75) is 75.9 Å². The molecule has 4 aliphatic carbocycles. The van der Waals surface area contributed by atoms with Gasteiger partial charge in [0.1, 0.15) is 6.04 Å². The molecule has 0 aliphatic heterocycles. The molecule has 2 atom stereocenters. The Morgan fingerprint density at radius 2 is 2.00 bits per heavy atom. The molecule has 3 N–H and O–H groups in total. The average Bonchev–Trinajstić information content (AvgIpc) is 3.47. The predicted molar refractivity (Wildman–Crippen MR) is 138 cm³/mol. The predicted octanol–water partition coefficient (Wildman–Crippen LogP) is 5.33. The quantitative estimate of drug-likeness (QED) is 0.397. The second kappa shape index (κ2) is 9.97. The molecule has 7 nitrogen and oxygen atoms in total. The zero-order chi connectivity index (χ0) is 24.6. The van der Waals surface area contributed by atoms with Crippen molar-refractivity contribution in [1.29, 1.82) is 0 Å². The highest BCUT2D eigenvalue weighted by Crippen LogP contribution is 2.57. The number of hydrogen-bond acceptors (Lipinski definition) is 6. The Balaban J connectivity index is 1.24. The van der Waals surface area contributed by atoms with E-state index in [1.165, 1.54) is 30.4 Å². The molecular formula is C26H33ClN4O3S. The smallest absolute Gasteiger partial charge is 0.262 e. The van der Waals surface area contributed by atoms with Gasteiger partial charge in [0.2, 0.25) is 11.8 Å². The molecule has 0 aromatic carbocycles. The van der Waals surface area contributed by atoms with Gasteiger partial charge in [-0.3, -0.25) is 9.59 Å². The van der Waals surface area contributed by atoms with Crippen LogP contribution in [0.25, 0.3) is 0 Å². The molecule has 2 bridgehead atoms. The molecule has 2 heterocycles. The summed E-state index contributed by atoms with van der Waals surface area (Å²) in [4.78, 5) is 32.1. The van der Waals surface area contributed by atoms with Gasteiger partial charge in [0.15, 0.2) is 0 Å². The van der Waals surface area contributed by atoms with Gasteiger partial charge in [0, 0.05) is 16.6 Å². The maximum Gasteiger partial charge on any atom is 0.262 e. The third-order valence-electron chi connectivity index (χ3n) is 7.75. The van der Waals surface area contributed by atoms with Gasteiger partial charge in [-0.05, 0) is 62.6 Å². The fraction of sp³-hybridized carbons (Fsp3) is 0.577. The Bertz CT molecular complexity index is 1080. The Morgan fingerprint density at radius 1 is 1.26 bits per heavy atom. The molecule has 188 valence electrons. The molecule has 2 aromatic rings. The lowest BCUT2D eigenvalue weighted by Crippen LogP contribution is -2.70. The maximum atomic E-state index is 13.2. The Morgan fingerprint density at radius 3 is 2.66 bits per heavy atom. The number of thiophene rings is 1. The van der Waals surface area contributed by atoms with E-state index in [0.29, 0.717) is 27.4 Å². The van der Waals surface area contributed by atoms with E-state index in [9.17, 15) is 9.59 Å². The highest BCUT2D eigenvalue weighted by Gasteiger charge is 2.57. The molecule has 0 spiro atoms. The van der Waals surface area contributed by atoms with Crippen molar-refractivity contribution >= 4 is 40.4 Å². The summed E-state index contributed by atoms with van der Waals surface area (Å²) < 4.78 is 5.32. The highest BCUT2D eigenvalue weighted by atomic mass is 35.5. The van der Waals surface area contributed by atoms with Crippen LogP contribution in [0.3, 0.4) is 0 Å². The van der Waals surface area contributed by atoms with Gasteiger partial charge in [-0.2, -0.15) is 0 Å². The first-order valence-electron chi connectivity index (χ1n) is 12.5. The number of anilines is 1. The molecule has 2 aromatic heterocycles. The topological polar surface area (TPSA) is 92.3 Å². The summed E-state index contributed by atoms with van der Waals surface area (Å²) in [7, 11) is 1.56. The van der Waals surface area contributed by atoms with Crippen LogP contribution in [0.2, 0.25) is 5.02 Å². The van der Waals surface area contributed by atoms with Crippen molar-refractivity contribution in [3.8, 4) is 5.88 Å². The number of methoxy groups -OCH3 is 1. The van der Waals surface area contributed by atoms with E-state index in [2.05, 4.69) is 20.9 Å². The summed E-state index contributed by atoms with van der Waals surface area (Å²) in [6.07, 6.45) is 10.2. The lowest BCUT2D eigenvalue weighted by molar-refractivity contribution is -0.135. The van der Waals surface area contributed by atoms with Crippen LogP contribution in [-0.4, -0.2) is 35.5 Å². The average molecular weight is 517 g/mol. The van der Waals surface area contributed by atoms with Crippen LogP contribution >= 0.6 is 22.9 Å². The maximum absolute atomic E-state index is 13.2. The van der Waals surface area contributed by atoms with E-state index in [-0.39, 0.29) is 23.4 Å². The lowest BCUT2D eigenvalue weighted by Gasteiger charge is -2.62. The minimum atomic E-state index is -0.484. The van der Waals surface area contributed by atoms with Crippen LogP contribution in [0.15, 0.2) is 24.4 Å². The van der Waals surface area contributed by atoms with Gasteiger partial charge in [0.25, 0.3) is 5.91 Å². The van der Waals surface area contributed by atoms with Gasteiger partial charge >= 0.3 is 0 Å². The first-order chi connectivity index (χ1) is 16.8. The molecule has 4 aliphatic rings. The molecule has 6 rings (SSSR count). The van der Waals surface area contributed by atoms with Crippen molar-refractivity contribution in [3.63, 3.8) is 0 Å². The highest BCUT2D eigenvalue weighted by molar-refractivity contribution is 7.14. The third kappa shape index (κ3) is 5.28. The number of halogens is 1. The Hall–Kier alpha value is -2.32. The standard InChI is InChI=1S/C26H33ClN4O3S/c1-15(29-20-10-18(27)14-28-25(20)34-2)21-7-8-22(35-21)24(33)30-19(9-16-5-3-4-6-16)23(32)31-26-11-17(12-26)13-26/h7-8,10,14-17,19,29H,3-6,9,11-13H2,1-2H3,(H,30,33)(H,31,32). The Kier molecular flexibility index (Phi) is 6.95. The van der Waals surface area contributed by atoms with Gasteiger partial charge in [0.05, 0.1) is 28.7 Å². The Labute approximate surface area is 215 Å². The summed E-state index contributed by atoms with van der Waals surface area (Å²) in [6.45, 7) is 2.01. The van der Waals surface area contributed by atoms with Crippen molar-refractivity contribution in [3.05, 3.63) is 39.2 Å². The number of aromatic nitrogens is 1. The molecule has 0 radical (unpaired) electrons. The molecule has 9 heteroatoms. The van der Waals surface area contributed by atoms with Crippen LogP contribution in [0.4, 0.5) is 5.69 Å². The summed E-state index contributed by atoms with van der Waals surface area (Å²) in [5.41, 5.74) is 0.696. The van der Waals surface area contributed by atoms with E-state index in [1.807, 2.05) is 19.1 Å². The third-order valence-corrected chi connectivity index (χ3v) is 9.23. The normalized spacial score (nSPS) is 24.6. The van der Waals surface area contributed by atoms with Crippen LogP contribution in [0.1, 0.15) is 78.9 Å². The van der Waals surface area contributed by atoms with E-state index in [4.69, 9.17) is 16.3 Å². The molecule has 0 saturated heterocycles. The summed E-state index contributed by atoms with van der Waals surface area (Å²) >= 11 is 7.52. The minimum absolute atomic E-state index is 0.00779. The van der Waals surface area contributed by atoms with Crippen molar-refractivity contribution in [2.24, 2.45) is 11.8 Å². The van der Waals surface area contributed by atoms with Gasteiger partial charge < -0.3 is 20.7 Å². The SMILES string of the molecule is COc1ncc(Cl)cc1NC(C)c1ccc(C(=O)NC(CC2CCCC2)C(=O)NC23CC(C2)C3)s1. The number of carbonyl (C=O) groups excluding carboxylic acids is 2. The van der Waals surface area contributed by atoms with Gasteiger partial charge in [-0.15, -0.1) is 11.3 Å². The second-order valence-corrected chi connectivity index (χ2v) is 12.0. The monoisotopic (exact) mass is 516 g/mol.